The second-order valence-electron chi connectivity index (χ2n) is 6.59. The summed E-state index contributed by atoms with van der Waals surface area (Å²) in [5.41, 5.74) is 0.690. The van der Waals surface area contributed by atoms with Gasteiger partial charge in [0.15, 0.2) is 0 Å². The van der Waals surface area contributed by atoms with Crippen molar-refractivity contribution in [3.8, 4) is 0 Å². The minimum absolute atomic E-state index is 0.0735. The highest BCUT2D eigenvalue weighted by Gasteiger charge is 2.54. The molecule has 4 unspecified atom stereocenters. The predicted molar refractivity (Wildman–Crippen MR) is 72.7 cm³/mol. The lowest BCUT2D eigenvalue weighted by Gasteiger charge is -2.41. The van der Waals surface area contributed by atoms with Crippen molar-refractivity contribution >= 4 is 5.97 Å². The number of ether oxygens (including phenoxy) is 2. The van der Waals surface area contributed by atoms with Crippen LogP contribution in [-0.2, 0) is 14.3 Å². The maximum absolute atomic E-state index is 11.9. The summed E-state index contributed by atoms with van der Waals surface area (Å²) in [6.07, 6.45) is 10.3. The van der Waals surface area contributed by atoms with Gasteiger partial charge in [0.1, 0.15) is 6.10 Å². The zero-order valence-electron chi connectivity index (χ0n) is 11.8. The second-order valence-corrected chi connectivity index (χ2v) is 6.59. The van der Waals surface area contributed by atoms with Gasteiger partial charge in [0.25, 0.3) is 0 Å². The van der Waals surface area contributed by atoms with E-state index in [1.165, 1.54) is 25.7 Å². The molecule has 0 N–H and O–H groups in total. The van der Waals surface area contributed by atoms with Gasteiger partial charge in [-0.05, 0) is 45.4 Å². The van der Waals surface area contributed by atoms with Crippen LogP contribution in [-0.4, -0.2) is 24.3 Å². The Labute approximate surface area is 115 Å². The lowest BCUT2D eigenvalue weighted by atomic mass is 9.67. The molecule has 2 saturated carbocycles. The van der Waals surface area contributed by atoms with Crippen LogP contribution < -0.4 is 0 Å². The molecule has 0 amide bonds. The first-order chi connectivity index (χ1) is 9.11. The van der Waals surface area contributed by atoms with E-state index < -0.39 is 0 Å². The predicted octanol–water partition coefficient (Wildman–Crippen LogP) is 3.38. The maximum Gasteiger partial charge on any atom is 0.333 e. The van der Waals surface area contributed by atoms with E-state index in [-0.39, 0.29) is 17.5 Å². The molecule has 3 heteroatoms. The van der Waals surface area contributed by atoms with Crippen molar-refractivity contribution in [2.24, 2.45) is 5.41 Å². The molecule has 19 heavy (non-hydrogen) atoms. The number of carbonyl (C=O) groups excluding carboxylic acids is 1. The van der Waals surface area contributed by atoms with Crippen LogP contribution in [0.5, 0.6) is 0 Å². The number of esters is 1. The molecular weight excluding hydrogens is 240 g/mol. The van der Waals surface area contributed by atoms with E-state index >= 15 is 0 Å². The molecule has 106 valence electrons. The monoisotopic (exact) mass is 264 g/mol. The van der Waals surface area contributed by atoms with E-state index in [0.717, 1.165) is 25.7 Å². The molecule has 0 aromatic rings. The molecular formula is C16H24O3. The quantitative estimate of drug-likeness (QED) is 0.436. The Bertz CT molecular complexity index is 385. The lowest BCUT2D eigenvalue weighted by molar-refractivity contribution is -0.154. The Kier molecular flexibility index (Phi) is 3.42. The molecule has 0 radical (unpaired) electrons. The van der Waals surface area contributed by atoms with Crippen molar-refractivity contribution in [2.75, 3.05) is 0 Å². The third kappa shape index (κ3) is 2.58. The Balaban J connectivity index is 1.76. The van der Waals surface area contributed by atoms with Gasteiger partial charge in [0, 0.05) is 11.0 Å². The molecule has 1 spiro atoms. The summed E-state index contributed by atoms with van der Waals surface area (Å²) in [5.74, 6) is -0.217. The van der Waals surface area contributed by atoms with Gasteiger partial charge in [-0.25, -0.2) is 4.79 Å². The van der Waals surface area contributed by atoms with Gasteiger partial charge in [-0.3, -0.25) is 0 Å². The van der Waals surface area contributed by atoms with E-state index in [4.69, 9.17) is 9.47 Å². The van der Waals surface area contributed by atoms with Crippen LogP contribution in [0, 0.1) is 5.41 Å². The topological polar surface area (TPSA) is 38.8 Å². The van der Waals surface area contributed by atoms with E-state index in [0.29, 0.717) is 17.8 Å². The molecule has 1 aliphatic heterocycles. The summed E-state index contributed by atoms with van der Waals surface area (Å²) in [4.78, 5) is 11.9. The highest BCUT2D eigenvalue weighted by molar-refractivity contribution is 5.87. The Morgan fingerprint density at radius 3 is 2.79 bits per heavy atom. The zero-order chi connectivity index (χ0) is 13.5. The smallest absolute Gasteiger partial charge is 0.333 e. The molecule has 3 nitrogen and oxygen atoms in total. The number of hydrogen-bond acceptors (Lipinski definition) is 3. The molecule has 1 saturated heterocycles. The molecule has 1 heterocycles. The Hall–Kier alpha value is -0.830. The second kappa shape index (κ2) is 4.93. The average Bonchev–Trinajstić information content (AvgIpc) is 3.15. The van der Waals surface area contributed by atoms with Crippen molar-refractivity contribution in [1.29, 1.82) is 0 Å². The van der Waals surface area contributed by atoms with Crippen molar-refractivity contribution in [3.05, 3.63) is 12.2 Å². The Morgan fingerprint density at radius 2 is 2.05 bits per heavy atom. The summed E-state index contributed by atoms with van der Waals surface area (Å²) in [6, 6.07) is 0. The molecule has 0 bridgehead atoms. The minimum Gasteiger partial charge on any atom is -0.458 e. The van der Waals surface area contributed by atoms with Gasteiger partial charge >= 0.3 is 5.97 Å². The SMILES string of the molecule is C=C(C)C(=O)OC1CCCCCC12CCC1OC1C2. The van der Waals surface area contributed by atoms with Crippen LogP contribution in [0.25, 0.3) is 0 Å². The Morgan fingerprint density at radius 1 is 1.21 bits per heavy atom. The van der Waals surface area contributed by atoms with Crippen molar-refractivity contribution in [2.45, 2.75) is 76.6 Å². The zero-order valence-corrected chi connectivity index (χ0v) is 11.8. The van der Waals surface area contributed by atoms with Gasteiger partial charge in [-0.2, -0.15) is 0 Å². The number of carbonyl (C=O) groups is 1. The summed E-state index contributed by atoms with van der Waals surface area (Å²) in [5, 5.41) is 0. The fourth-order valence-electron chi connectivity index (χ4n) is 3.93. The highest BCUT2D eigenvalue weighted by Crippen LogP contribution is 2.53. The molecule has 0 aromatic carbocycles. The third-order valence-electron chi connectivity index (χ3n) is 5.14. The van der Waals surface area contributed by atoms with E-state index in [1.807, 2.05) is 0 Å². The van der Waals surface area contributed by atoms with Crippen LogP contribution in [0.15, 0.2) is 12.2 Å². The molecule has 3 rings (SSSR count). The molecule has 2 aliphatic carbocycles. The summed E-state index contributed by atoms with van der Waals surface area (Å²) < 4.78 is 11.5. The van der Waals surface area contributed by atoms with Crippen molar-refractivity contribution in [1.82, 2.24) is 0 Å². The van der Waals surface area contributed by atoms with Gasteiger partial charge in [-0.1, -0.05) is 19.4 Å². The summed E-state index contributed by atoms with van der Waals surface area (Å²) in [7, 11) is 0. The number of epoxide rings is 1. The van der Waals surface area contributed by atoms with E-state index in [9.17, 15) is 4.79 Å². The fraction of sp³-hybridized carbons (Fsp3) is 0.812. The highest BCUT2D eigenvalue weighted by atomic mass is 16.6. The third-order valence-corrected chi connectivity index (χ3v) is 5.14. The van der Waals surface area contributed by atoms with Gasteiger partial charge in [-0.15, -0.1) is 0 Å². The number of fused-ring (bicyclic) bond motifs is 1. The number of hydrogen-bond donors (Lipinski definition) is 0. The molecule has 3 fully saturated rings. The normalized spacial score (nSPS) is 41.2. The first-order valence-electron chi connectivity index (χ1n) is 7.63. The van der Waals surface area contributed by atoms with E-state index in [2.05, 4.69) is 6.58 Å². The maximum atomic E-state index is 11.9. The van der Waals surface area contributed by atoms with Gasteiger partial charge in [0.05, 0.1) is 12.2 Å². The van der Waals surface area contributed by atoms with Crippen LogP contribution >= 0.6 is 0 Å². The van der Waals surface area contributed by atoms with E-state index in [1.54, 1.807) is 6.92 Å². The molecule has 0 aromatic heterocycles. The van der Waals surface area contributed by atoms with Crippen molar-refractivity contribution in [3.63, 3.8) is 0 Å². The molecule has 4 atom stereocenters. The molecule has 3 aliphatic rings. The summed E-state index contributed by atoms with van der Waals surface area (Å²) in [6.45, 7) is 5.43. The van der Waals surface area contributed by atoms with Crippen LogP contribution in [0.3, 0.4) is 0 Å². The number of rotatable bonds is 2. The van der Waals surface area contributed by atoms with Crippen LogP contribution in [0.1, 0.15) is 58.3 Å². The van der Waals surface area contributed by atoms with Crippen LogP contribution in [0.4, 0.5) is 0 Å². The average molecular weight is 264 g/mol. The van der Waals surface area contributed by atoms with Crippen LogP contribution in [0.2, 0.25) is 0 Å². The van der Waals surface area contributed by atoms with Crippen molar-refractivity contribution < 1.29 is 14.3 Å². The first kappa shape index (κ1) is 13.2. The largest absolute Gasteiger partial charge is 0.458 e. The first-order valence-corrected chi connectivity index (χ1v) is 7.63. The lowest BCUT2D eigenvalue weighted by Crippen LogP contribution is -2.41. The fourth-order valence-corrected chi connectivity index (χ4v) is 3.93. The standard InChI is InChI=1S/C16H24O3/c1-11(2)15(17)19-14-6-4-3-5-8-16(14)9-7-12-13(10-16)18-12/h12-14H,1,3-10H2,2H3. The minimum atomic E-state index is -0.217. The summed E-state index contributed by atoms with van der Waals surface area (Å²) >= 11 is 0. The van der Waals surface area contributed by atoms with Gasteiger partial charge < -0.3 is 9.47 Å². The van der Waals surface area contributed by atoms with Gasteiger partial charge in [0.2, 0.25) is 0 Å².